The molecule has 2 rings (SSSR count). The average molecular weight is 272 g/mol. The normalized spacial score (nSPS) is 11.1. The summed E-state index contributed by atoms with van der Waals surface area (Å²) in [5.74, 6) is 1.21. The molecule has 0 aromatic heterocycles. The molecular formula is C16H21BO3. The molecule has 0 atom stereocenters. The van der Waals surface area contributed by atoms with Crippen molar-refractivity contribution in [3.8, 4) is 5.75 Å². The Labute approximate surface area is 120 Å². The summed E-state index contributed by atoms with van der Waals surface area (Å²) in [6.45, 7) is 4.95. The van der Waals surface area contributed by atoms with Crippen molar-refractivity contribution in [3.05, 3.63) is 36.4 Å². The molecule has 0 aliphatic carbocycles. The molecule has 0 spiro atoms. The summed E-state index contributed by atoms with van der Waals surface area (Å²) in [6.07, 6.45) is 2.07. The zero-order chi connectivity index (χ0) is 14.5. The van der Waals surface area contributed by atoms with Crippen LogP contribution in [0, 0.1) is 5.92 Å². The van der Waals surface area contributed by atoms with Gasteiger partial charge in [0, 0.05) is 5.46 Å². The van der Waals surface area contributed by atoms with E-state index in [1.54, 1.807) is 0 Å². The Hall–Kier alpha value is -1.52. The molecule has 0 radical (unpaired) electrons. The fourth-order valence-electron chi connectivity index (χ4n) is 2.34. The van der Waals surface area contributed by atoms with Crippen LogP contribution in [0.15, 0.2) is 36.4 Å². The number of hydrogen-bond acceptors (Lipinski definition) is 3. The van der Waals surface area contributed by atoms with Gasteiger partial charge in [0.05, 0.1) is 6.61 Å². The van der Waals surface area contributed by atoms with Crippen LogP contribution in [-0.4, -0.2) is 23.8 Å². The van der Waals surface area contributed by atoms with E-state index in [-0.39, 0.29) is 0 Å². The molecule has 0 amide bonds. The van der Waals surface area contributed by atoms with E-state index >= 15 is 0 Å². The first-order valence-corrected chi connectivity index (χ1v) is 7.10. The molecule has 4 heteroatoms. The van der Waals surface area contributed by atoms with Crippen molar-refractivity contribution in [2.45, 2.75) is 26.7 Å². The van der Waals surface area contributed by atoms with Crippen molar-refractivity contribution in [2.75, 3.05) is 6.61 Å². The van der Waals surface area contributed by atoms with Gasteiger partial charge in [-0.3, -0.25) is 0 Å². The number of ether oxygens (including phenoxy) is 1. The van der Waals surface area contributed by atoms with Crippen LogP contribution < -0.4 is 10.2 Å². The predicted octanol–water partition coefficient (Wildman–Crippen LogP) is 2.33. The SMILES string of the molecule is CC(C)CCCOc1ccc2ccccc2c1B(O)O. The van der Waals surface area contributed by atoms with E-state index < -0.39 is 7.12 Å². The first-order chi connectivity index (χ1) is 9.59. The van der Waals surface area contributed by atoms with Crippen LogP contribution >= 0.6 is 0 Å². The van der Waals surface area contributed by atoms with Crippen molar-refractivity contribution >= 4 is 23.4 Å². The van der Waals surface area contributed by atoms with Gasteiger partial charge < -0.3 is 14.8 Å². The quantitative estimate of drug-likeness (QED) is 0.626. The zero-order valence-corrected chi connectivity index (χ0v) is 12.0. The zero-order valence-electron chi connectivity index (χ0n) is 12.0. The van der Waals surface area contributed by atoms with Gasteiger partial charge in [0.1, 0.15) is 5.75 Å². The average Bonchev–Trinajstić information content (AvgIpc) is 2.42. The standard InChI is InChI=1S/C16H21BO3/c1-12(2)6-5-11-20-15-10-9-13-7-3-4-8-14(13)16(15)17(18)19/h3-4,7-10,12,18-19H,5-6,11H2,1-2H3. The van der Waals surface area contributed by atoms with Gasteiger partial charge in [-0.1, -0.05) is 44.2 Å². The van der Waals surface area contributed by atoms with Gasteiger partial charge in [-0.15, -0.1) is 0 Å². The van der Waals surface area contributed by atoms with Gasteiger partial charge in [-0.2, -0.15) is 0 Å². The van der Waals surface area contributed by atoms with Gasteiger partial charge in [-0.05, 0) is 35.6 Å². The summed E-state index contributed by atoms with van der Waals surface area (Å²) in [4.78, 5) is 0. The van der Waals surface area contributed by atoms with Gasteiger partial charge in [-0.25, -0.2) is 0 Å². The van der Waals surface area contributed by atoms with E-state index in [0.29, 0.717) is 23.7 Å². The third-order valence-electron chi connectivity index (χ3n) is 3.37. The summed E-state index contributed by atoms with van der Waals surface area (Å²) in [7, 11) is -1.53. The fraction of sp³-hybridized carbons (Fsp3) is 0.375. The van der Waals surface area contributed by atoms with Crippen LogP contribution in [0.5, 0.6) is 5.75 Å². The minimum Gasteiger partial charge on any atom is -0.494 e. The lowest BCUT2D eigenvalue weighted by Gasteiger charge is -2.14. The van der Waals surface area contributed by atoms with Crippen LogP contribution in [0.2, 0.25) is 0 Å². The highest BCUT2D eigenvalue weighted by atomic mass is 16.5. The third kappa shape index (κ3) is 3.53. The Morgan fingerprint density at radius 3 is 2.55 bits per heavy atom. The van der Waals surface area contributed by atoms with Gasteiger partial charge in [0.2, 0.25) is 0 Å². The molecule has 0 aliphatic heterocycles. The highest BCUT2D eigenvalue weighted by Crippen LogP contribution is 2.19. The Morgan fingerprint density at radius 1 is 1.10 bits per heavy atom. The Morgan fingerprint density at radius 2 is 1.85 bits per heavy atom. The van der Waals surface area contributed by atoms with Crippen molar-refractivity contribution in [1.82, 2.24) is 0 Å². The lowest BCUT2D eigenvalue weighted by Crippen LogP contribution is -2.32. The molecule has 0 saturated heterocycles. The Kier molecular flexibility index (Phi) is 5.04. The molecule has 2 N–H and O–H groups in total. The number of fused-ring (bicyclic) bond motifs is 1. The monoisotopic (exact) mass is 272 g/mol. The van der Waals surface area contributed by atoms with Gasteiger partial charge in [0.25, 0.3) is 0 Å². The summed E-state index contributed by atoms with van der Waals surface area (Å²) < 4.78 is 5.74. The van der Waals surface area contributed by atoms with Crippen molar-refractivity contribution < 1.29 is 14.8 Å². The topological polar surface area (TPSA) is 49.7 Å². The van der Waals surface area contributed by atoms with Crippen LogP contribution in [0.25, 0.3) is 10.8 Å². The summed E-state index contributed by atoms with van der Waals surface area (Å²) in [6, 6.07) is 11.4. The molecule has 0 unspecified atom stereocenters. The minimum absolute atomic E-state index is 0.452. The second-order valence-corrected chi connectivity index (χ2v) is 5.46. The maximum absolute atomic E-state index is 9.62. The number of benzene rings is 2. The van der Waals surface area contributed by atoms with Crippen molar-refractivity contribution in [2.24, 2.45) is 5.92 Å². The highest BCUT2D eigenvalue weighted by molar-refractivity contribution is 6.63. The maximum Gasteiger partial charge on any atom is 0.492 e. The van der Waals surface area contributed by atoms with E-state index in [9.17, 15) is 10.0 Å². The lowest BCUT2D eigenvalue weighted by atomic mass is 9.76. The van der Waals surface area contributed by atoms with Gasteiger partial charge in [0.15, 0.2) is 0 Å². The molecule has 0 heterocycles. The molecule has 3 nitrogen and oxygen atoms in total. The van der Waals surface area contributed by atoms with E-state index in [2.05, 4.69) is 13.8 Å². The van der Waals surface area contributed by atoms with E-state index in [1.165, 1.54) is 0 Å². The molecule has 106 valence electrons. The van der Waals surface area contributed by atoms with Crippen LogP contribution in [-0.2, 0) is 0 Å². The lowest BCUT2D eigenvalue weighted by molar-refractivity contribution is 0.298. The molecule has 0 saturated carbocycles. The first kappa shape index (κ1) is 14.9. The summed E-state index contributed by atoms with van der Waals surface area (Å²) >= 11 is 0. The largest absolute Gasteiger partial charge is 0.494 e. The molecule has 2 aromatic rings. The highest BCUT2D eigenvalue weighted by Gasteiger charge is 2.20. The first-order valence-electron chi connectivity index (χ1n) is 7.10. The second-order valence-electron chi connectivity index (χ2n) is 5.46. The maximum atomic E-state index is 9.62. The second kappa shape index (κ2) is 6.77. The molecule has 20 heavy (non-hydrogen) atoms. The number of hydrogen-bond donors (Lipinski definition) is 2. The third-order valence-corrected chi connectivity index (χ3v) is 3.37. The number of rotatable bonds is 6. The fourth-order valence-corrected chi connectivity index (χ4v) is 2.34. The molecule has 0 aliphatic rings. The van der Waals surface area contributed by atoms with Crippen molar-refractivity contribution in [1.29, 1.82) is 0 Å². The van der Waals surface area contributed by atoms with E-state index in [0.717, 1.165) is 23.6 Å². The van der Waals surface area contributed by atoms with Gasteiger partial charge >= 0.3 is 7.12 Å². The van der Waals surface area contributed by atoms with Crippen LogP contribution in [0.4, 0.5) is 0 Å². The van der Waals surface area contributed by atoms with E-state index in [1.807, 2.05) is 36.4 Å². The predicted molar refractivity (Wildman–Crippen MR) is 83.3 cm³/mol. The van der Waals surface area contributed by atoms with Crippen LogP contribution in [0.1, 0.15) is 26.7 Å². The molecular weight excluding hydrogens is 251 g/mol. The van der Waals surface area contributed by atoms with E-state index in [4.69, 9.17) is 4.74 Å². The Balaban J connectivity index is 2.22. The summed E-state index contributed by atoms with van der Waals surface area (Å²) in [5.41, 5.74) is 0.452. The minimum atomic E-state index is -1.53. The molecule has 0 fully saturated rings. The smallest absolute Gasteiger partial charge is 0.492 e. The Bertz CT molecular complexity index is 567. The summed E-state index contributed by atoms with van der Waals surface area (Å²) in [5, 5.41) is 21.0. The molecule has 0 bridgehead atoms. The molecule has 2 aromatic carbocycles. The van der Waals surface area contributed by atoms with Crippen molar-refractivity contribution in [3.63, 3.8) is 0 Å². The van der Waals surface area contributed by atoms with Crippen LogP contribution in [0.3, 0.4) is 0 Å².